The normalized spacial score (nSPS) is 16.3. The SMILES string of the molecule is O=C([O-])C(O)(CCN1CCCCC1)C(=O)[O-].[Li+].[Li+]. The summed E-state index contributed by atoms with van der Waals surface area (Å²) in [5, 5.41) is 30.4. The van der Waals surface area contributed by atoms with Crippen molar-refractivity contribution in [1.29, 1.82) is 0 Å². The summed E-state index contributed by atoms with van der Waals surface area (Å²) in [5.41, 5.74) is -2.88. The summed E-state index contributed by atoms with van der Waals surface area (Å²) in [4.78, 5) is 23.0. The number of piperidine rings is 1. The Labute approximate surface area is 130 Å². The predicted molar refractivity (Wildman–Crippen MR) is 49.9 cm³/mol. The third kappa shape index (κ3) is 5.36. The number of rotatable bonds is 5. The number of nitrogens with zero attached hydrogens (tertiary/aromatic N) is 1. The molecule has 1 fully saturated rings. The molecule has 0 saturated carbocycles. The Kier molecular flexibility index (Phi) is 10.2. The van der Waals surface area contributed by atoms with E-state index in [2.05, 4.69) is 0 Å². The molecule has 92 valence electrons. The molecule has 6 nitrogen and oxygen atoms in total. The molecule has 1 aliphatic rings. The van der Waals surface area contributed by atoms with E-state index in [1.54, 1.807) is 0 Å². The maximum atomic E-state index is 10.5. The van der Waals surface area contributed by atoms with Crippen LogP contribution in [0.25, 0.3) is 0 Å². The minimum Gasteiger partial charge on any atom is -0.547 e. The minimum atomic E-state index is -2.88. The number of carboxylic acids is 2. The molecule has 0 radical (unpaired) electrons. The van der Waals surface area contributed by atoms with Gasteiger partial charge in [-0.3, -0.25) is 0 Å². The molecule has 1 aliphatic heterocycles. The van der Waals surface area contributed by atoms with Crippen molar-refractivity contribution in [3.8, 4) is 0 Å². The van der Waals surface area contributed by atoms with Gasteiger partial charge in [0.15, 0.2) is 0 Å². The fourth-order valence-corrected chi connectivity index (χ4v) is 1.79. The van der Waals surface area contributed by atoms with Gasteiger partial charge < -0.3 is 29.8 Å². The summed E-state index contributed by atoms with van der Waals surface area (Å²) in [6.45, 7) is 1.82. The molecule has 8 heteroatoms. The zero-order valence-corrected chi connectivity index (χ0v) is 11.0. The van der Waals surface area contributed by atoms with E-state index in [9.17, 15) is 24.9 Å². The number of aliphatic hydroxyl groups is 1. The predicted octanol–water partition coefficient (Wildman–Crippen LogP) is -8.90. The quantitative estimate of drug-likeness (QED) is 0.380. The van der Waals surface area contributed by atoms with Crippen LogP contribution in [-0.2, 0) is 9.59 Å². The van der Waals surface area contributed by atoms with Crippen molar-refractivity contribution in [2.24, 2.45) is 0 Å². The molecule has 0 bridgehead atoms. The van der Waals surface area contributed by atoms with Crippen molar-refractivity contribution in [1.82, 2.24) is 4.90 Å². The molecule has 1 N–H and O–H groups in total. The molecule has 18 heavy (non-hydrogen) atoms. The van der Waals surface area contributed by atoms with Crippen LogP contribution in [0.2, 0.25) is 0 Å². The summed E-state index contributed by atoms with van der Waals surface area (Å²) in [7, 11) is 0. The van der Waals surface area contributed by atoms with Crippen molar-refractivity contribution in [2.45, 2.75) is 31.3 Å². The Morgan fingerprint density at radius 2 is 1.50 bits per heavy atom. The average molecular weight is 243 g/mol. The van der Waals surface area contributed by atoms with E-state index in [-0.39, 0.29) is 44.3 Å². The minimum absolute atomic E-state index is 0. The van der Waals surface area contributed by atoms with Crippen LogP contribution in [0.3, 0.4) is 0 Å². The first-order chi connectivity index (χ1) is 7.47. The van der Waals surface area contributed by atoms with Crippen LogP contribution in [0.4, 0.5) is 0 Å². The van der Waals surface area contributed by atoms with Crippen molar-refractivity contribution < 1.29 is 62.6 Å². The Hall–Kier alpha value is 0.0548. The summed E-state index contributed by atoms with van der Waals surface area (Å²) < 4.78 is 0. The van der Waals surface area contributed by atoms with E-state index < -0.39 is 24.0 Å². The Balaban J connectivity index is 0. The fourth-order valence-electron chi connectivity index (χ4n) is 1.79. The van der Waals surface area contributed by atoms with Gasteiger partial charge in [0.1, 0.15) is 5.60 Å². The van der Waals surface area contributed by atoms with E-state index in [4.69, 9.17) is 0 Å². The second kappa shape index (κ2) is 9.04. The zero-order chi connectivity index (χ0) is 12.2. The molecule has 0 aromatic rings. The van der Waals surface area contributed by atoms with Crippen LogP contribution in [0.5, 0.6) is 0 Å². The first kappa shape index (κ1) is 20.4. The van der Waals surface area contributed by atoms with E-state index in [0.29, 0.717) is 0 Å². The fraction of sp³-hybridized carbons (Fsp3) is 0.800. The second-order valence-electron chi connectivity index (χ2n) is 4.09. The topological polar surface area (TPSA) is 104 Å². The number of carbonyl (C=O) groups excluding carboxylic acids is 2. The Morgan fingerprint density at radius 1 is 1.06 bits per heavy atom. The Morgan fingerprint density at radius 3 is 1.89 bits per heavy atom. The van der Waals surface area contributed by atoms with E-state index >= 15 is 0 Å². The molecule has 1 saturated heterocycles. The van der Waals surface area contributed by atoms with Crippen molar-refractivity contribution in [3.05, 3.63) is 0 Å². The van der Waals surface area contributed by atoms with E-state index in [1.807, 2.05) is 4.90 Å². The number of aliphatic carboxylic acids is 2. The van der Waals surface area contributed by atoms with Gasteiger partial charge in [0.2, 0.25) is 0 Å². The molecule has 0 aliphatic carbocycles. The van der Waals surface area contributed by atoms with E-state index in [1.165, 1.54) is 0 Å². The molecule has 0 unspecified atom stereocenters. The smallest absolute Gasteiger partial charge is 0.547 e. The molecular formula is C10H15Li2NO5. The van der Waals surface area contributed by atoms with Gasteiger partial charge in [-0.05, 0) is 32.4 Å². The van der Waals surface area contributed by atoms with Crippen molar-refractivity contribution in [2.75, 3.05) is 19.6 Å². The summed E-state index contributed by atoms with van der Waals surface area (Å²) >= 11 is 0. The van der Waals surface area contributed by atoms with Crippen LogP contribution >= 0.6 is 0 Å². The standard InChI is InChI=1S/C10H17NO5.2Li/c12-8(13)10(16,9(14)15)4-7-11-5-2-1-3-6-11;;/h16H,1-7H2,(H,12,13)(H,14,15);;/q;2*+1/p-2. The molecular weight excluding hydrogens is 228 g/mol. The Bertz CT molecular complexity index is 267. The summed E-state index contributed by atoms with van der Waals surface area (Å²) in [6.07, 6.45) is 2.74. The maximum Gasteiger partial charge on any atom is 1.00 e. The first-order valence-electron chi connectivity index (χ1n) is 5.34. The van der Waals surface area contributed by atoms with Gasteiger partial charge in [0, 0.05) is 6.54 Å². The molecule has 0 aromatic heterocycles. The monoisotopic (exact) mass is 243 g/mol. The molecule has 1 heterocycles. The molecule has 0 spiro atoms. The average Bonchev–Trinajstić information content (AvgIpc) is 2.26. The first-order valence-corrected chi connectivity index (χ1v) is 5.34. The molecule has 0 aromatic carbocycles. The van der Waals surface area contributed by atoms with Crippen molar-refractivity contribution >= 4 is 11.9 Å². The van der Waals surface area contributed by atoms with Crippen LogP contribution < -0.4 is 47.9 Å². The van der Waals surface area contributed by atoms with Crippen LogP contribution in [0.15, 0.2) is 0 Å². The van der Waals surface area contributed by atoms with Gasteiger partial charge >= 0.3 is 37.7 Å². The van der Waals surface area contributed by atoms with Gasteiger partial charge in [0.05, 0.1) is 11.9 Å². The van der Waals surface area contributed by atoms with Gasteiger partial charge in [-0.2, -0.15) is 0 Å². The third-order valence-corrected chi connectivity index (χ3v) is 2.91. The number of carboxylic acid groups (broad SMARTS) is 2. The van der Waals surface area contributed by atoms with Crippen LogP contribution in [0, 0.1) is 0 Å². The van der Waals surface area contributed by atoms with Crippen molar-refractivity contribution in [3.63, 3.8) is 0 Å². The largest absolute Gasteiger partial charge is 1.00 e. The number of carbonyl (C=O) groups is 2. The summed E-state index contributed by atoms with van der Waals surface area (Å²) in [6, 6.07) is 0. The summed E-state index contributed by atoms with van der Waals surface area (Å²) in [5.74, 6) is -4.02. The number of likely N-dealkylation sites (tertiary alicyclic amines) is 1. The van der Waals surface area contributed by atoms with Gasteiger partial charge in [-0.15, -0.1) is 0 Å². The van der Waals surface area contributed by atoms with E-state index in [0.717, 1.165) is 32.4 Å². The number of hydrogen-bond donors (Lipinski definition) is 1. The third-order valence-electron chi connectivity index (χ3n) is 2.91. The zero-order valence-electron chi connectivity index (χ0n) is 11.0. The van der Waals surface area contributed by atoms with Gasteiger partial charge in [0.25, 0.3) is 0 Å². The number of hydrogen-bond acceptors (Lipinski definition) is 6. The van der Waals surface area contributed by atoms with Crippen LogP contribution in [-0.4, -0.2) is 47.2 Å². The van der Waals surface area contributed by atoms with Gasteiger partial charge in [-0.25, -0.2) is 0 Å². The molecule has 0 amide bonds. The second-order valence-corrected chi connectivity index (χ2v) is 4.09. The molecule has 1 rings (SSSR count). The maximum absolute atomic E-state index is 10.5. The van der Waals surface area contributed by atoms with Gasteiger partial charge in [-0.1, -0.05) is 6.42 Å². The molecule has 0 atom stereocenters. The van der Waals surface area contributed by atoms with Crippen LogP contribution in [0.1, 0.15) is 25.7 Å².